The Hall–Kier alpha value is -1.91. The first-order valence-corrected chi connectivity index (χ1v) is 6.29. The topological polar surface area (TPSA) is 54.4 Å². The molecular formula is C15H18N2O2. The Morgan fingerprint density at radius 2 is 2.00 bits per heavy atom. The highest BCUT2D eigenvalue weighted by Crippen LogP contribution is 2.23. The van der Waals surface area contributed by atoms with Crippen LogP contribution in [0, 0.1) is 0 Å². The molecule has 0 saturated heterocycles. The van der Waals surface area contributed by atoms with Gasteiger partial charge < -0.3 is 15.2 Å². The molecular weight excluding hydrogens is 240 g/mol. The summed E-state index contributed by atoms with van der Waals surface area (Å²) in [7, 11) is 1.89. The standard InChI is InChI=1S/C15H18N2O2/c1-16-11-13-3-2-9-17-15(13)19-14-6-4-12(5-7-14)8-10-18/h2-7,9,16,18H,8,10-11H2,1H3. The summed E-state index contributed by atoms with van der Waals surface area (Å²) in [5.74, 6) is 1.37. The van der Waals surface area contributed by atoms with Gasteiger partial charge in [0.05, 0.1) is 0 Å². The van der Waals surface area contributed by atoms with Gasteiger partial charge in [-0.2, -0.15) is 0 Å². The van der Waals surface area contributed by atoms with E-state index in [2.05, 4.69) is 10.3 Å². The molecule has 0 aliphatic heterocycles. The zero-order valence-electron chi connectivity index (χ0n) is 11.0. The first-order valence-electron chi connectivity index (χ1n) is 6.29. The third-order valence-corrected chi connectivity index (χ3v) is 2.76. The predicted molar refractivity (Wildman–Crippen MR) is 74.3 cm³/mol. The minimum Gasteiger partial charge on any atom is -0.439 e. The van der Waals surface area contributed by atoms with Crippen LogP contribution < -0.4 is 10.1 Å². The van der Waals surface area contributed by atoms with Crippen LogP contribution in [0.2, 0.25) is 0 Å². The summed E-state index contributed by atoms with van der Waals surface area (Å²) < 4.78 is 5.78. The Morgan fingerprint density at radius 3 is 2.68 bits per heavy atom. The quantitative estimate of drug-likeness (QED) is 0.833. The van der Waals surface area contributed by atoms with Crippen LogP contribution in [-0.4, -0.2) is 23.7 Å². The highest BCUT2D eigenvalue weighted by atomic mass is 16.5. The fourth-order valence-corrected chi connectivity index (χ4v) is 1.81. The molecule has 0 bridgehead atoms. The summed E-state index contributed by atoms with van der Waals surface area (Å²) >= 11 is 0. The SMILES string of the molecule is CNCc1cccnc1Oc1ccc(CCO)cc1. The number of rotatable bonds is 6. The molecule has 0 fully saturated rings. The third-order valence-electron chi connectivity index (χ3n) is 2.76. The van der Waals surface area contributed by atoms with Crippen LogP contribution in [0.4, 0.5) is 0 Å². The zero-order valence-corrected chi connectivity index (χ0v) is 11.0. The number of pyridine rings is 1. The van der Waals surface area contributed by atoms with E-state index in [0.717, 1.165) is 16.9 Å². The minimum atomic E-state index is 0.159. The second kappa shape index (κ2) is 6.87. The number of aliphatic hydroxyl groups excluding tert-OH is 1. The summed E-state index contributed by atoms with van der Waals surface area (Å²) in [6, 6.07) is 11.6. The van der Waals surface area contributed by atoms with Crippen molar-refractivity contribution in [3.8, 4) is 11.6 Å². The molecule has 0 saturated carbocycles. The summed E-state index contributed by atoms with van der Waals surface area (Å²) in [5.41, 5.74) is 2.11. The molecule has 4 nitrogen and oxygen atoms in total. The largest absolute Gasteiger partial charge is 0.439 e. The van der Waals surface area contributed by atoms with Gasteiger partial charge >= 0.3 is 0 Å². The monoisotopic (exact) mass is 258 g/mol. The summed E-state index contributed by atoms with van der Waals surface area (Å²) in [4.78, 5) is 4.25. The Labute approximate surface area is 113 Å². The Morgan fingerprint density at radius 1 is 1.21 bits per heavy atom. The fourth-order valence-electron chi connectivity index (χ4n) is 1.81. The molecule has 0 aliphatic carbocycles. The number of aliphatic hydroxyl groups is 1. The van der Waals surface area contributed by atoms with Gasteiger partial charge in [-0.3, -0.25) is 0 Å². The van der Waals surface area contributed by atoms with Crippen molar-refractivity contribution in [2.45, 2.75) is 13.0 Å². The normalized spacial score (nSPS) is 10.4. The Kier molecular flexibility index (Phi) is 4.89. The molecule has 2 N–H and O–H groups in total. The first-order chi connectivity index (χ1) is 9.33. The van der Waals surface area contributed by atoms with Crippen LogP contribution in [0.15, 0.2) is 42.6 Å². The van der Waals surface area contributed by atoms with E-state index in [4.69, 9.17) is 9.84 Å². The molecule has 1 aromatic carbocycles. The molecule has 0 atom stereocenters. The second-order valence-corrected chi connectivity index (χ2v) is 4.22. The number of ether oxygens (including phenoxy) is 1. The number of nitrogens with zero attached hydrogens (tertiary/aromatic N) is 1. The number of aromatic nitrogens is 1. The molecule has 0 amide bonds. The van der Waals surface area contributed by atoms with Crippen LogP contribution in [0.25, 0.3) is 0 Å². The van der Waals surface area contributed by atoms with Crippen molar-refractivity contribution in [3.63, 3.8) is 0 Å². The highest BCUT2D eigenvalue weighted by molar-refractivity contribution is 5.34. The first kappa shape index (κ1) is 13.5. The summed E-state index contributed by atoms with van der Waals surface area (Å²) in [6.07, 6.45) is 2.38. The van der Waals surface area contributed by atoms with Crippen molar-refractivity contribution >= 4 is 0 Å². The Balaban J connectivity index is 2.12. The minimum absolute atomic E-state index is 0.159. The predicted octanol–water partition coefficient (Wildman–Crippen LogP) is 2.13. The number of nitrogens with one attached hydrogen (secondary N) is 1. The van der Waals surface area contributed by atoms with Gasteiger partial charge in [-0.15, -0.1) is 0 Å². The number of hydrogen-bond acceptors (Lipinski definition) is 4. The maximum absolute atomic E-state index is 8.87. The maximum atomic E-state index is 8.87. The van der Waals surface area contributed by atoms with E-state index >= 15 is 0 Å². The fraction of sp³-hybridized carbons (Fsp3) is 0.267. The molecule has 0 radical (unpaired) electrons. The van der Waals surface area contributed by atoms with E-state index in [1.807, 2.05) is 43.4 Å². The van der Waals surface area contributed by atoms with E-state index in [1.165, 1.54) is 0 Å². The lowest BCUT2D eigenvalue weighted by Crippen LogP contribution is -2.07. The molecule has 100 valence electrons. The molecule has 1 aromatic heterocycles. The number of hydrogen-bond donors (Lipinski definition) is 2. The maximum Gasteiger partial charge on any atom is 0.223 e. The van der Waals surface area contributed by atoms with Gasteiger partial charge in [-0.1, -0.05) is 18.2 Å². The lowest BCUT2D eigenvalue weighted by molar-refractivity contribution is 0.299. The van der Waals surface area contributed by atoms with Crippen LogP contribution >= 0.6 is 0 Å². The van der Waals surface area contributed by atoms with Crippen LogP contribution in [0.3, 0.4) is 0 Å². The van der Waals surface area contributed by atoms with Crippen LogP contribution in [0.1, 0.15) is 11.1 Å². The summed E-state index contributed by atoms with van der Waals surface area (Å²) in [6.45, 7) is 0.874. The van der Waals surface area contributed by atoms with Gasteiger partial charge in [0.15, 0.2) is 0 Å². The van der Waals surface area contributed by atoms with Crippen LogP contribution in [-0.2, 0) is 13.0 Å². The van der Waals surface area contributed by atoms with E-state index < -0.39 is 0 Å². The molecule has 4 heteroatoms. The van der Waals surface area contributed by atoms with Crippen molar-refractivity contribution in [1.82, 2.24) is 10.3 Å². The molecule has 0 spiro atoms. The lowest BCUT2D eigenvalue weighted by atomic mass is 10.1. The molecule has 0 aliphatic rings. The Bertz CT molecular complexity index is 512. The van der Waals surface area contributed by atoms with Gasteiger partial charge in [0.2, 0.25) is 5.88 Å². The van der Waals surface area contributed by atoms with Crippen molar-refractivity contribution in [2.75, 3.05) is 13.7 Å². The molecule has 0 unspecified atom stereocenters. The van der Waals surface area contributed by atoms with Gasteiger partial charge in [0.1, 0.15) is 5.75 Å². The van der Waals surface area contributed by atoms with Gasteiger partial charge in [-0.05, 0) is 37.2 Å². The molecule has 1 heterocycles. The molecule has 19 heavy (non-hydrogen) atoms. The van der Waals surface area contributed by atoms with E-state index in [0.29, 0.717) is 18.8 Å². The second-order valence-electron chi connectivity index (χ2n) is 4.22. The average molecular weight is 258 g/mol. The average Bonchev–Trinajstić information content (AvgIpc) is 2.44. The van der Waals surface area contributed by atoms with Gasteiger partial charge in [0, 0.05) is 24.9 Å². The van der Waals surface area contributed by atoms with Crippen molar-refractivity contribution in [2.24, 2.45) is 0 Å². The smallest absolute Gasteiger partial charge is 0.223 e. The highest BCUT2D eigenvalue weighted by Gasteiger charge is 2.05. The molecule has 2 aromatic rings. The van der Waals surface area contributed by atoms with E-state index in [-0.39, 0.29) is 6.61 Å². The van der Waals surface area contributed by atoms with Gasteiger partial charge in [0.25, 0.3) is 0 Å². The van der Waals surface area contributed by atoms with Gasteiger partial charge in [-0.25, -0.2) is 4.98 Å². The third kappa shape index (κ3) is 3.77. The number of benzene rings is 1. The van der Waals surface area contributed by atoms with Crippen molar-refractivity contribution < 1.29 is 9.84 Å². The lowest BCUT2D eigenvalue weighted by Gasteiger charge is -2.09. The van der Waals surface area contributed by atoms with Crippen molar-refractivity contribution in [3.05, 3.63) is 53.7 Å². The summed E-state index contributed by atoms with van der Waals surface area (Å²) in [5, 5.41) is 12.0. The molecule has 2 rings (SSSR count). The van der Waals surface area contributed by atoms with E-state index in [1.54, 1.807) is 6.20 Å². The van der Waals surface area contributed by atoms with E-state index in [9.17, 15) is 0 Å². The van der Waals surface area contributed by atoms with Crippen molar-refractivity contribution in [1.29, 1.82) is 0 Å². The van der Waals surface area contributed by atoms with Crippen LogP contribution in [0.5, 0.6) is 11.6 Å². The zero-order chi connectivity index (χ0) is 13.5.